The Morgan fingerprint density at radius 3 is 2.33 bits per heavy atom. The maximum absolute atomic E-state index is 13.1. The van der Waals surface area contributed by atoms with Crippen molar-refractivity contribution in [3.63, 3.8) is 0 Å². The van der Waals surface area contributed by atoms with Gasteiger partial charge in [0.1, 0.15) is 18.0 Å². The summed E-state index contributed by atoms with van der Waals surface area (Å²) in [7, 11) is 0. The monoisotopic (exact) mass is 416 g/mol. The van der Waals surface area contributed by atoms with Crippen molar-refractivity contribution < 1.29 is 22.7 Å². The van der Waals surface area contributed by atoms with Gasteiger partial charge in [0.2, 0.25) is 0 Å². The van der Waals surface area contributed by atoms with Crippen LogP contribution in [0.25, 0.3) is 5.57 Å². The Labute approximate surface area is 173 Å². The second-order valence-electron chi connectivity index (χ2n) is 8.09. The van der Waals surface area contributed by atoms with Crippen molar-refractivity contribution in [2.45, 2.75) is 38.5 Å². The molecule has 30 heavy (non-hydrogen) atoms. The molecule has 1 saturated carbocycles. The normalized spacial score (nSPS) is 17.6. The molecule has 158 valence electrons. The average Bonchev–Trinajstić information content (AvgIpc) is 3.50. The first-order valence-corrected chi connectivity index (χ1v) is 10.0. The smallest absolute Gasteiger partial charge is 0.417 e. The summed E-state index contributed by atoms with van der Waals surface area (Å²) in [6, 6.07) is 11.8. The first kappa shape index (κ1) is 20.4. The van der Waals surface area contributed by atoms with Crippen molar-refractivity contribution in [2.75, 3.05) is 18.0 Å². The van der Waals surface area contributed by atoms with Gasteiger partial charge in [0.05, 0.1) is 11.3 Å². The molecule has 4 nitrogen and oxygen atoms in total. The van der Waals surface area contributed by atoms with Gasteiger partial charge in [-0.1, -0.05) is 36.9 Å². The fourth-order valence-corrected chi connectivity index (χ4v) is 3.83. The molecule has 2 aliphatic rings. The predicted octanol–water partition coefficient (Wildman–Crippen LogP) is 5.39. The van der Waals surface area contributed by atoms with E-state index >= 15 is 0 Å². The van der Waals surface area contributed by atoms with Crippen molar-refractivity contribution in [3.05, 3.63) is 65.9 Å². The van der Waals surface area contributed by atoms with E-state index in [1.54, 1.807) is 0 Å². The van der Waals surface area contributed by atoms with Gasteiger partial charge in [-0.3, -0.25) is 0 Å². The molecule has 2 fully saturated rings. The van der Waals surface area contributed by atoms with Crippen LogP contribution in [0.2, 0.25) is 0 Å². The Kier molecular flexibility index (Phi) is 5.30. The molecule has 0 N–H and O–H groups in total. The number of carbonyl (C=O) groups excluding carboxylic acids is 1. The minimum Gasteiger partial charge on any atom is -0.457 e. The summed E-state index contributed by atoms with van der Waals surface area (Å²) in [4.78, 5) is 18.9. The molecular weight excluding hydrogens is 393 g/mol. The lowest BCUT2D eigenvalue weighted by Crippen LogP contribution is -2.36. The van der Waals surface area contributed by atoms with Crippen LogP contribution in [0.3, 0.4) is 0 Å². The fourth-order valence-electron chi connectivity index (χ4n) is 3.83. The number of hydrogen-bond acceptors (Lipinski definition) is 4. The summed E-state index contributed by atoms with van der Waals surface area (Å²) in [5.41, 5.74) is 0.0948. The third kappa shape index (κ3) is 4.35. The first-order chi connectivity index (χ1) is 14.3. The van der Waals surface area contributed by atoms with Crippen LogP contribution in [0.15, 0.2) is 49.0 Å². The van der Waals surface area contributed by atoms with Crippen molar-refractivity contribution in [1.82, 2.24) is 4.98 Å². The Bertz CT molecular complexity index is 943. The zero-order chi connectivity index (χ0) is 21.4. The van der Waals surface area contributed by atoms with Crippen molar-refractivity contribution in [2.24, 2.45) is 5.41 Å². The highest BCUT2D eigenvalue weighted by Crippen LogP contribution is 2.54. The molecule has 0 bridgehead atoms. The van der Waals surface area contributed by atoms with Crippen LogP contribution in [0, 0.1) is 5.41 Å². The molecule has 0 unspecified atom stereocenters. The topological polar surface area (TPSA) is 42.4 Å². The highest BCUT2D eigenvalue weighted by molar-refractivity contribution is 5.95. The predicted molar refractivity (Wildman–Crippen MR) is 108 cm³/mol. The van der Waals surface area contributed by atoms with E-state index in [9.17, 15) is 18.0 Å². The maximum Gasteiger partial charge on any atom is 0.417 e. The molecule has 1 aromatic heterocycles. The van der Waals surface area contributed by atoms with Crippen LogP contribution in [-0.2, 0) is 11.3 Å². The molecule has 0 atom stereocenters. The number of rotatable bonds is 5. The van der Waals surface area contributed by atoms with Gasteiger partial charge < -0.3 is 9.64 Å². The number of allylic oxidation sites excluding steroid dienone is 1. The minimum atomic E-state index is -4.58. The van der Waals surface area contributed by atoms with Crippen LogP contribution in [0.4, 0.5) is 19.0 Å². The van der Waals surface area contributed by atoms with Crippen LogP contribution in [0.1, 0.15) is 47.3 Å². The summed E-state index contributed by atoms with van der Waals surface area (Å²) in [5.74, 6) is -0.358. The highest BCUT2D eigenvalue weighted by Gasteiger charge is 2.45. The Morgan fingerprint density at radius 2 is 1.73 bits per heavy atom. The van der Waals surface area contributed by atoms with E-state index in [2.05, 4.69) is 11.6 Å². The number of anilines is 1. The molecule has 1 aliphatic heterocycles. The van der Waals surface area contributed by atoms with E-state index in [0.717, 1.165) is 18.4 Å². The van der Waals surface area contributed by atoms with Crippen LogP contribution >= 0.6 is 0 Å². The fraction of sp³-hybridized carbons (Fsp3) is 0.391. The van der Waals surface area contributed by atoms with Gasteiger partial charge in [0.25, 0.3) is 0 Å². The lowest BCUT2D eigenvalue weighted by molar-refractivity contribution is -0.0688. The highest BCUT2D eigenvalue weighted by atomic mass is 19.4. The number of alkyl halides is 3. The molecule has 4 rings (SSSR count). The zero-order valence-electron chi connectivity index (χ0n) is 16.5. The summed E-state index contributed by atoms with van der Waals surface area (Å²) >= 11 is 0. The summed E-state index contributed by atoms with van der Waals surface area (Å²) < 4.78 is 44.8. The van der Waals surface area contributed by atoms with Gasteiger partial charge in [-0.2, -0.15) is 13.2 Å². The van der Waals surface area contributed by atoms with Gasteiger partial charge >= 0.3 is 12.1 Å². The average molecular weight is 416 g/mol. The van der Waals surface area contributed by atoms with Crippen molar-refractivity contribution in [1.29, 1.82) is 0 Å². The van der Waals surface area contributed by atoms with E-state index < -0.39 is 17.7 Å². The Hall–Kier alpha value is -2.83. The molecule has 0 amide bonds. The van der Waals surface area contributed by atoms with Crippen LogP contribution < -0.4 is 4.90 Å². The lowest BCUT2D eigenvalue weighted by Gasteiger charge is -2.34. The Morgan fingerprint density at radius 1 is 1.07 bits per heavy atom. The molecule has 1 spiro atoms. The second-order valence-corrected chi connectivity index (χ2v) is 8.09. The third-order valence-electron chi connectivity index (χ3n) is 6.04. The third-order valence-corrected chi connectivity index (χ3v) is 6.04. The Balaban J connectivity index is 1.59. The van der Waals surface area contributed by atoms with Gasteiger partial charge in [-0.05, 0) is 48.8 Å². The molecular formula is C23H23F3N2O2. The van der Waals surface area contributed by atoms with Gasteiger partial charge in [-0.15, -0.1) is 0 Å². The number of nitrogens with zero attached hydrogens (tertiary/aromatic N) is 2. The van der Waals surface area contributed by atoms with Crippen LogP contribution in [0.5, 0.6) is 0 Å². The number of esters is 1. The van der Waals surface area contributed by atoms with Gasteiger partial charge in [0.15, 0.2) is 0 Å². The summed E-state index contributed by atoms with van der Waals surface area (Å²) in [5, 5.41) is 0. The van der Waals surface area contributed by atoms with E-state index in [1.165, 1.54) is 25.0 Å². The minimum absolute atomic E-state index is 0.0826. The quantitative estimate of drug-likeness (QED) is 0.613. The van der Waals surface area contributed by atoms with E-state index in [4.69, 9.17) is 4.74 Å². The molecule has 2 heterocycles. The van der Waals surface area contributed by atoms with Crippen molar-refractivity contribution in [3.8, 4) is 0 Å². The van der Waals surface area contributed by atoms with E-state index in [0.29, 0.717) is 18.5 Å². The number of halogens is 3. The van der Waals surface area contributed by atoms with E-state index in [1.807, 2.05) is 35.2 Å². The zero-order valence-corrected chi connectivity index (χ0v) is 16.5. The summed E-state index contributed by atoms with van der Waals surface area (Å²) in [6.07, 6.45) is -0.273. The molecule has 2 aromatic rings. The molecule has 1 aliphatic carbocycles. The maximum atomic E-state index is 13.1. The molecule has 1 aromatic carbocycles. The number of aromatic nitrogens is 1. The second kappa shape index (κ2) is 7.78. The molecule has 1 saturated heterocycles. The molecule has 7 heteroatoms. The number of hydrogen-bond donors (Lipinski definition) is 0. The standard InChI is InChI=1S/C23H23F3N2O2/c1-16(23(24,25)26)19-8-7-18(21(29)30-15-17-5-3-2-4-6-17)20(27-19)28-13-11-22(9-10-22)12-14-28/h2-8H,1,9-15H2. The van der Waals surface area contributed by atoms with Crippen LogP contribution in [-0.4, -0.2) is 30.2 Å². The van der Waals surface area contributed by atoms with E-state index in [-0.39, 0.29) is 23.7 Å². The number of piperidine rings is 1. The lowest BCUT2D eigenvalue weighted by atomic mass is 9.93. The van der Waals surface area contributed by atoms with Gasteiger partial charge in [0, 0.05) is 13.1 Å². The van der Waals surface area contributed by atoms with Gasteiger partial charge in [-0.25, -0.2) is 9.78 Å². The SMILES string of the molecule is C=C(c1ccc(C(=O)OCc2ccccc2)c(N2CCC3(CC2)CC3)n1)C(F)(F)F. The number of pyridine rings is 1. The molecule has 0 radical (unpaired) electrons. The first-order valence-electron chi connectivity index (χ1n) is 10.0. The summed E-state index contributed by atoms with van der Waals surface area (Å²) in [6.45, 7) is 4.55. The van der Waals surface area contributed by atoms with Crippen molar-refractivity contribution >= 4 is 17.4 Å². The number of benzene rings is 1. The number of ether oxygens (including phenoxy) is 1. The largest absolute Gasteiger partial charge is 0.457 e. The number of carbonyl (C=O) groups is 1.